The van der Waals surface area contributed by atoms with Gasteiger partial charge < -0.3 is 5.32 Å². The Morgan fingerprint density at radius 2 is 1.78 bits per heavy atom. The molecule has 0 aliphatic heterocycles. The number of nitrogens with one attached hydrogen (secondary N) is 1. The fourth-order valence-corrected chi connectivity index (χ4v) is 2.66. The molecule has 3 nitrogen and oxygen atoms in total. The maximum absolute atomic E-state index is 12.6. The molecule has 0 atom stereocenters. The molecule has 0 heterocycles. The summed E-state index contributed by atoms with van der Waals surface area (Å²) in [6.07, 6.45) is 2.22. The van der Waals surface area contributed by atoms with Crippen LogP contribution >= 0.6 is 15.9 Å². The summed E-state index contributed by atoms with van der Waals surface area (Å²) in [5, 5.41) is 2.87. The Kier molecular flexibility index (Phi) is 6.53. The van der Waals surface area contributed by atoms with E-state index in [9.17, 15) is 9.59 Å². The number of amides is 1. The summed E-state index contributed by atoms with van der Waals surface area (Å²) >= 11 is 3.38. The van der Waals surface area contributed by atoms with Crippen LogP contribution in [-0.2, 0) is 6.42 Å². The molecule has 2 aromatic rings. The fraction of sp³-hybridized carbons (Fsp3) is 0.263. The van der Waals surface area contributed by atoms with E-state index in [2.05, 4.69) is 28.2 Å². The van der Waals surface area contributed by atoms with Gasteiger partial charge in [-0.25, -0.2) is 0 Å². The summed E-state index contributed by atoms with van der Waals surface area (Å²) in [5.41, 5.74) is 1.83. The van der Waals surface area contributed by atoms with E-state index < -0.39 is 0 Å². The third-order valence-corrected chi connectivity index (χ3v) is 4.04. The molecule has 1 N–H and O–H groups in total. The van der Waals surface area contributed by atoms with Crippen molar-refractivity contribution >= 4 is 27.6 Å². The Hall–Kier alpha value is -1.94. The molecule has 0 bridgehead atoms. The Morgan fingerprint density at radius 3 is 2.48 bits per heavy atom. The standard InChI is InChI=1S/C19H20BrNO2/c1-2-3-11-21-19(23)16-10-9-15(20)13-17(16)18(22)12-14-7-5-4-6-8-14/h4-10,13H,2-3,11-12H2,1H3,(H,21,23). The highest BCUT2D eigenvalue weighted by atomic mass is 79.9. The maximum atomic E-state index is 12.6. The largest absolute Gasteiger partial charge is 0.352 e. The second-order valence-electron chi connectivity index (χ2n) is 5.38. The molecule has 23 heavy (non-hydrogen) atoms. The Bertz CT molecular complexity index is 683. The molecule has 2 aromatic carbocycles. The molecule has 0 aromatic heterocycles. The first kappa shape index (κ1) is 17.4. The van der Waals surface area contributed by atoms with Gasteiger partial charge in [0.25, 0.3) is 5.91 Å². The number of carbonyl (C=O) groups is 2. The van der Waals surface area contributed by atoms with E-state index in [1.807, 2.05) is 30.3 Å². The number of rotatable bonds is 7. The minimum Gasteiger partial charge on any atom is -0.352 e. The lowest BCUT2D eigenvalue weighted by Gasteiger charge is -2.10. The first-order valence-electron chi connectivity index (χ1n) is 7.76. The molecule has 0 unspecified atom stereocenters. The number of halogens is 1. The van der Waals surface area contributed by atoms with Crippen LogP contribution in [0.15, 0.2) is 53.0 Å². The van der Waals surface area contributed by atoms with Gasteiger partial charge in [-0.2, -0.15) is 0 Å². The van der Waals surface area contributed by atoms with Crippen molar-refractivity contribution in [3.05, 3.63) is 69.7 Å². The SMILES string of the molecule is CCCCNC(=O)c1ccc(Br)cc1C(=O)Cc1ccccc1. The summed E-state index contributed by atoms with van der Waals surface area (Å²) in [7, 11) is 0. The zero-order valence-electron chi connectivity index (χ0n) is 13.1. The van der Waals surface area contributed by atoms with Crippen LogP contribution in [0.25, 0.3) is 0 Å². The van der Waals surface area contributed by atoms with Gasteiger partial charge in [-0.05, 0) is 30.2 Å². The average Bonchev–Trinajstić information content (AvgIpc) is 2.55. The quantitative estimate of drug-likeness (QED) is 0.577. The van der Waals surface area contributed by atoms with Gasteiger partial charge in [0.1, 0.15) is 0 Å². The van der Waals surface area contributed by atoms with Crippen LogP contribution in [0.3, 0.4) is 0 Å². The highest BCUT2D eigenvalue weighted by Crippen LogP contribution is 2.19. The molecular weight excluding hydrogens is 354 g/mol. The Labute approximate surface area is 145 Å². The smallest absolute Gasteiger partial charge is 0.252 e. The summed E-state index contributed by atoms with van der Waals surface area (Å²) in [6, 6.07) is 14.8. The van der Waals surface area contributed by atoms with Crippen LogP contribution < -0.4 is 5.32 Å². The van der Waals surface area contributed by atoms with Gasteiger partial charge in [-0.1, -0.05) is 59.6 Å². The van der Waals surface area contributed by atoms with Crippen molar-refractivity contribution in [3.8, 4) is 0 Å². The maximum Gasteiger partial charge on any atom is 0.252 e. The highest BCUT2D eigenvalue weighted by Gasteiger charge is 2.17. The van der Waals surface area contributed by atoms with Crippen LogP contribution in [0.2, 0.25) is 0 Å². The second-order valence-corrected chi connectivity index (χ2v) is 6.30. The first-order chi connectivity index (χ1) is 11.1. The lowest BCUT2D eigenvalue weighted by atomic mass is 9.98. The molecule has 0 radical (unpaired) electrons. The van der Waals surface area contributed by atoms with Crippen molar-refractivity contribution in [3.63, 3.8) is 0 Å². The van der Waals surface area contributed by atoms with Gasteiger partial charge in [-0.15, -0.1) is 0 Å². The molecule has 0 aliphatic carbocycles. The highest BCUT2D eigenvalue weighted by molar-refractivity contribution is 9.10. The summed E-state index contributed by atoms with van der Waals surface area (Å²) in [5.74, 6) is -0.250. The van der Waals surface area contributed by atoms with E-state index in [4.69, 9.17) is 0 Å². The van der Waals surface area contributed by atoms with Gasteiger partial charge in [0.15, 0.2) is 5.78 Å². The predicted molar refractivity (Wildman–Crippen MR) is 95.9 cm³/mol. The number of hydrogen-bond donors (Lipinski definition) is 1. The second kappa shape index (κ2) is 8.63. The topological polar surface area (TPSA) is 46.2 Å². The molecule has 0 saturated heterocycles. The van der Waals surface area contributed by atoms with E-state index >= 15 is 0 Å². The number of hydrogen-bond acceptors (Lipinski definition) is 2. The monoisotopic (exact) mass is 373 g/mol. The lowest BCUT2D eigenvalue weighted by molar-refractivity contribution is 0.0934. The predicted octanol–water partition coefficient (Wildman–Crippen LogP) is 4.40. The van der Waals surface area contributed by atoms with Gasteiger partial charge in [0.2, 0.25) is 0 Å². The van der Waals surface area contributed by atoms with E-state index in [0.717, 1.165) is 22.9 Å². The van der Waals surface area contributed by atoms with E-state index in [-0.39, 0.29) is 18.1 Å². The van der Waals surface area contributed by atoms with Crippen molar-refractivity contribution < 1.29 is 9.59 Å². The van der Waals surface area contributed by atoms with Crippen molar-refractivity contribution in [2.75, 3.05) is 6.54 Å². The summed E-state index contributed by atoms with van der Waals surface area (Å²) in [4.78, 5) is 25.0. The van der Waals surface area contributed by atoms with Crippen molar-refractivity contribution in [1.29, 1.82) is 0 Å². The van der Waals surface area contributed by atoms with Crippen LogP contribution in [0.5, 0.6) is 0 Å². The van der Waals surface area contributed by atoms with Crippen molar-refractivity contribution in [2.45, 2.75) is 26.2 Å². The van der Waals surface area contributed by atoms with E-state index in [1.165, 1.54) is 0 Å². The summed E-state index contributed by atoms with van der Waals surface area (Å²) < 4.78 is 0.791. The Morgan fingerprint density at radius 1 is 1.04 bits per heavy atom. The normalized spacial score (nSPS) is 10.3. The van der Waals surface area contributed by atoms with Crippen LogP contribution in [0, 0.1) is 0 Å². The Balaban J connectivity index is 2.21. The third kappa shape index (κ3) is 5.03. The zero-order valence-corrected chi connectivity index (χ0v) is 14.7. The van der Waals surface area contributed by atoms with Crippen molar-refractivity contribution in [1.82, 2.24) is 5.32 Å². The summed E-state index contributed by atoms with van der Waals surface area (Å²) in [6.45, 7) is 2.69. The molecule has 4 heteroatoms. The van der Waals surface area contributed by atoms with Gasteiger partial charge in [0, 0.05) is 23.0 Å². The minimum atomic E-state index is -0.192. The van der Waals surface area contributed by atoms with Gasteiger partial charge in [-0.3, -0.25) is 9.59 Å². The van der Waals surface area contributed by atoms with Crippen LogP contribution in [0.1, 0.15) is 46.0 Å². The lowest BCUT2D eigenvalue weighted by Crippen LogP contribution is -2.26. The molecular formula is C19H20BrNO2. The molecule has 0 fully saturated rings. The molecule has 2 rings (SSSR count). The van der Waals surface area contributed by atoms with E-state index in [1.54, 1.807) is 18.2 Å². The molecule has 120 valence electrons. The first-order valence-corrected chi connectivity index (χ1v) is 8.56. The van der Waals surface area contributed by atoms with Crippen molar-refractivity contribution in [2.24, 2.45) is 0 Å². The van der Waals surface area contributed by atoms with Crippen LogP contribution in [0.4, 0.5) is 0 Å². The van der Waals surface area contributed by atoms with Crippen LogP contribution in [-0.4, -0.2) is 18.2 Å². The molecule has 0 aliphatic rings. The number of carbonyl (C=O) groups excluding carboxylic acids is 2. The number of benzene rings is 2. The van der Waals surface area contributed by atoms with E-state index in [0.29, 0.717) is 17.7 Å². The zero-order chi connectivity index (χ0) is 16.7. The molecule has 0 spiro atoms. The average molecular weight is 374 g/mol. The number of Topliss-reactive ketones (excluding diaryl/α,β-unsaturated/α-hetero) is 1. The van der Waals surface area contributed by atoms with Gasteiger partial charge >= 0.3 is 0 Å². The number of ketones is 1. The van der Waals surface area contributed by atoms with Gasteiger partial charge in [0.05, 0.1) is 5.56 Å². The fourth-order valence-electron chi connectivity index (χ4n) is 2.30. The molecule has 1 amide bonds. The third-order valence-electron chi connectivity index (χ3n) is 3.55. The number of unbranched alkanes of at least 4 members (excludes halogenated alkanes) is 1. The minimum absolute atomic E-state index is 0.0573. The molecule has 0 saturated carbocycles.